The van der Waals surface area contributed by atoms with Crippen molar-refractivity contribution in [1.82, 2.24) is 14.6 Å². The topological polar surface area (TPSA) is 59.7 Å². The molecule has 2 atom stereocenters. The van der Waals surface area contributed by atoms with Crippen molar-refractivity contribution in [3.8, 4) is 11.3 Å². The molecule has 0 radical (unpaired) electrons. The van der Waals surface area contributed by atoms with Crippen LogP contribution in [0.1, 0.15) is 44.5 Å². The second-order valence-corrected chi connectivity index (χ2v) is 15.3. The van der Waals surface area contributed by atoms with E-state index in [0.717, 1.165) is 17.5 Å². The van der Waals surface area contributed by atoms with Crippen LogP contribution in [0.4, 0.5) is 10.2 Å². The summed E-state index contributed by atoms with van der Waals surface area (Å²) >= 11 is 0. The van der Waals surface area contributed by atoms with E-state index >= 15 is 4.39 Å². The number of anilines is 1. The molecule has 1 fully saturated rings. The van der Waals surface area contributed by atoms with Gasteiger partial charge in [-0.05, 0) is 43.3 Å². The number of nitrogens with zero attached hydrogens (tertiary/aromatic N) is 4. The first kappa shape index (κ1) is 23.6. The van der Waals surface area contributed by atoms with Gasteiger partial charge in [0.1, 0.15) is 12.1 Å². The largest absolute Gasteiger partial charge is 0.411 e. The van der Waals surface area contributed by atoms with Gasteiger partial charge in [0.15, 0.2) is 19.6 Å². The molecule has 8 heteroatoms. The molecular weight excluding hydrogens is 435 g/mol. The van der Waals surface area contributed by atoms with Crippen LogP contribution < -0.4 is 4.90 Å². The van der Waals surface area contributed by atoms with Crippen LogP contribution in [-0.4, -0.2) is 54.1 Å². The minimum atomic E-state index is -2.08. The maximum absolute atomic E-state index is 16.0. The van der Waals surface area contributed by atoms with Gasteiger partial charge < -0.3 is 9.33 Å². The van der Waals surface area contributed by atoms with Crippen molar-refractivity contribution in [3.63, 3.8) is 0 Å². The third-order valence-corrected chi connectivity index (χ3v) is 11.8. The maximum Gasteiger partial charge on any atom is 0.192 e. The van der Waals surface area contributed by atoms with Crippen molar-refractivity contribution in [3.05, 3.63) is 48.2 Å². The Bertz CT molecular complexity index is 1170. The molecule has 1 aliphatic rings. The van der Waals surface area contributed by atoms with Gasteiger partial charge in [-0.1, -0.05) is 39.0 Å². The first-order chi connectivity index (χ1) is 15.4. The maximum atomic E-state index is 16.0. The lowest BCUT2D eigenvalue weighted by atomic mass is 10.00. The average molecular weight is 469 g/mol. The number of aromatic nitrogens is 3. The lowest BCUT2D eigenvalue weighted by Gasteiger charge is -2.41. The number of fused-ring (bicyclic) bond motifs is 1. The van der Waals surface area contributed by atoms with Crippen molar-refractivity contribution < 1.29 is 13.6 Å². The van der Waals surface area contributed by atoms with Crippen LogP contribution in [-0.2, 0) is 4.43 Å². The molecule has 2 aromatic heterocycles. The number of benzene rings is 1. The second kappa shape index (κ2) is 8.33. The summed E-state index contributed by atoms with van der Waals surface area (Å²) in [6.07, 6.45) is 2.49. The van der Waals surface area contributed by atoms with Crippen LogP contribution in [0.2, 0.25) is 18.1 Å². The summed E-state index contributed by atoms with van der Waals surface area (Å²) in [5.41, 5.74) is 1.51. The highest BCUT2D eigenvalue weighted by atomic mass is 28.4. The van der Waals surface area contributed by atoms with E-state index in [2.05, 4.69) is 38.8 Å². The van der Waals surface area contributed by atoms with E-state index < -0.39 is 20.1 Å². The fourth-order valence-corrected chi connectivity index (χ4v) is 5.50. The molecule has 33 heavy (non-hydrogen) atoms. The quantitative estimate of drug-likeness (QED) is 0.351. The molecule has 1 saturated heterocycles. The van der Waals surface area contributed by atoms with Gasteiger partial charge in [-0.15, -0.1) is 5.10 Å². The summed E-state index contributed by atoms with van der Waals surface area (Å²) in [5.74, 6) is 0.701. The van der Waals surface area contributed by atoms with Crippen LogP contribution in [0.3, 0.4) is 0 Å². The van der Waals surface area contributed by atoms with Crippen LogP contribution in [0.5, 0.6) is 0 Å². The molecule has 0 aliphatic carbocycles. The van der Waals surface area contributed by atoms with Gasteiger partial charge in [0, 0.05) is 24.1 Å². The summed E-state index contributed by atoms with van der Waals surface area (Å²) in [5, 5.41) is 4.81. The molecule has 1 aromatic carbocycles. The molecule has 0 saturated carbocycles. The summed E-state index contributed by atoms with van der Waals surface area (Å²) < 4.78 is 24.2. The second-order valence-electron chi connectivity index (χ2n) is 10.6. The summed E-state index contributed by atoms with van der Waals surface area (Å²) in [7, 11) is -2.08. The number of aldehydes is 1. The van der Waals surface area contributed by atoms with Crippen LogP contribution in [0, 0.1) is 0 Å². The van der Waals surface area contributed by atoms with Gasteiger partial charge in [0.25, 0.3) is 0 Å². The number of alkyl halides is 1. The SMILES string of the molecule is CC(O[Si](C)(C)C(C)(C)C)C1(F)CCN(c2ccc3ncc(-c4cccc(C=O)c4)n3n2)C1. The fraction of sp³-hybridized carbons (Fsp3) is 0.480. The number of imidazole rings is 1. The van der Waals surface area contributed by atoms with E-state index in [-0.39, 0.29) is 11.6 Å². The molecule has 4 rings (SSSR count). The molecule has 0 amide bonds. The molecule has 176 valence electrons. The van der Waals surface area contributed by atoms with Gasteiger partial charge in [0.05, 0.1) is 24.5 Å². The summed E-state index contributed by atoms with van der Waals surface area (Å²) in [6.45, 7) is 13.5. The Morgan fingerprint density at radius 2 is 2.00 bits per heavy atom. The number of rotatable bonds is 6. The fourth-order valence-electron chi connectivity index (χ4n) is 4.05. The predicted molar refractivity (Wildman–Crippen MR) is 132 cm³/mol. The zero-order chi connectivity index (χ0) is 24.0. The van der Waals surface area contributed by atoms with E-state index in [1.807, 2.05) is 42.2 Å². The van der Waals surface area contributed by atoms with Gasteiger partial charge in [-0.3, -0.25) is 4.79 Å². The van der Waals surface area contributed by atoms with Crippen molar-refractivity contribution in [2.24, 2.45) is 0 Å². The van der Waals surface area contributed by atoms with E-state index in [1.165, 1.54) is 0 Å². The zero-order valence-electron chi connectivity index (χ0n) is 20.3. The van der Waals surface area contributed by atoms with E-state index in [0.29, 0.717) is 30.0 Å². The minimum Gasteiger partial charge on any atom is -0.411 e. The Morgan fingerprint density at radius 1 is 1.24 bits per heavy atom. The molecule has 0 bridgehead atoms. The highest BCUT2D eigenvalue weighted by molar-refractivity contribution is 6.74. The number of carbonyl (C=O) groups excluding carboxylic acids is 1. The van der Waals surface area contributed by atoms with Crippen LogP contribution >= 0.6 is 0 Å². The summed E-state index contributed by atoms with van der Waals surface area (Å²) in [6, 6.07) is 11.1. The normalized spacial score (nSPS) is 20.4. The molecule has 1 aliphatic heterocycles. The van der Waals surface area contributed by atoms with Crippen molar-refractivity contribution in [2.75, 3.05) is 18.0 Å². The van der Waals surface area contributed by atoms with Gasteiger partial charge in [0.2, 0.25) is 0 Å². The van der Waals surface area contributed by atoms with E-state index in [4.69, 9.17) is 9.52 Å². The highest BCUT2D eigenvalue weighted by Gasteiger charge is 2.48. The van der Waals surface area contributed by atoms with E-state index in [1.54, 1.807) is 16.8 Å². The van der Waals surface area contributed by atoms with Gasteiger partial charge in [-0.2, -0.15) is 0 Å². The van der Waals surface area contributed by atoms with Crippen molar-refractivity contribution in [2.45, 2.75) is 64.0 Å². The standard InChI is InChI=1S/C25H33FN4O2Si/c1-18(32-33(5,6)24(2,3)4)25(26)12-13-29(17-25)23-11-10-22-27-15-21(30(22)28-23)20-9-7-8-19(14-20)16-31/h7-11,14-16,18H,12-13,17H2,1-6H3. The number of halogens is 1. The smallest absolute Gasteiger partial charge is 0.192 e. The van der Waals surface area contributed by atoms with Gasteiger partial charge in [-0.25, -0.2) is 13.9 Å². The number of hydrogen-bond acceptors (Lipinski definition) is 5. The molecule has 2 unspecified atom stereocenters. The molecule has 0 spiro atoms. The number of hydrogen-bond donors (Lipinski definition) is 0. The average Bonchev–Trinajstić information content (AvgIpc) is 3.37. The Kier molecular flexibility index (Phi) is 5.95. The lowest BCUT2D eigenvalue weighted by molar-refractivity contribution is 0.0273. The van der Waals surface area contributed by atoms with Crippen molar-refractivity contribution >= 4 is 26.1 Å². The van der Waals surface area contributed by atoms with Crippen molar-refractivity contribution in [1.29, 1.82) is 0 Å². The van der Waals surface area contributed by atoms with Crippen LogP contribution in [0.25, 0.3) is 16.9 Å². The Morgan fingerprint density at radius 3 is 2.70 bits per heavy atom. The third-order valence-electron chi connectivity index (χ3n) is 7.25. The zero-order valence-corrected chi connectivity index (χ0v) is 21.3. The Hall–Kier alpha value is -2.58. The predicted octanol–water partition coefficient (Wildman–Crippen LogP) is 5.54. The molecule has 3 aromatic rings. The lowest BCUT2D eigenvalue weighted by Crippen LogP contribution is -2.50. The number of carbonyl (C=O) groups is 1. The minimum absolute atomic E-state index is 0.0292. The first-order valence-corrected chi connectivity index (χ1v) is 14.4. The molecule has 0 N–H and O–H groups in total. The Balaban J connectivity index is 1.58. The third kappa shape index (κ3) is 4.46. The molecular formula is C25H33FN4O2Si. The van der Waals surface area contributed by atoms with E-state index in [9.17, 15) is 4.79 Å². The summed E-state index contributed by atoms with van der Waals surface area (Å²) in [4.78, 5) is 17.6. The monoisotopic (exact) mass is 468 g/mol. The van der Waals surface area contributed by atoms with Crippen LogP contribution in [0.15, 0.2) is 42.6 Å². The molecule has 3 heterocycles. The first-order valence-electron chi connectivity index (χ1n) is 11.5. The van der Waals surface area contributed by atoms with Gasteiger partial charge >= 0.3 is 0 Å². The Labute approximate surface area is 195 Å². The highest BCUT2D eigenvalue weighted by Crippen LogP contribution is 2.41. The molecule has 6 nitrogen and oxygen atoms in total.